The van der Waals surface area contributed by atoms with E-state index in [4.69, 9.17) is 10.5 Å². The molecule has 1 aliphatic heterocycles. The molecule has 184 valence electrons. The summed E-state index contributed by atoms with van der Waals surface area (Å²) in [5.74, 6) is -0.539. The molecule has 0 aliphatic carbocycles. The number of aliphatic hydroxyl groups excluding tert-OH is 1. The number of benzene rings is 2. The summed E-state index contributed by atoms with van der Waals surface area (Å²) in [6.07, 6.45) is 1.50. The van der Waals surface area contributed by atoms with Gasteiger partial charge < -0.3 is 15.6 Å². The van der Waals surface area contributed by atoms with E-state index in [0.717, 1.165) is 27.1 Å². The highest BCUT2D eigenvalue weighted by atomic mass is 32.2. The Hall–Kier alpha value is -2.31. The smallest absolute Gasteiger partial charge is 0.327 e. The number of aliphatic hydroxyl groups is 1. The lowest BCUT2D eigenvalue weighted by atomic mass is 9.78. The predicted octanol–water partition coefficient (Wildman–Crippen LogP) is 5.37. The summed E-state index contributed by atoms with van der Waals surface area (Å²) in [5.41, 5.74) is 9.39. The molecule has 0 saturated carbocycles. The van der Waals surface area contributed by atoms with Crippen molar-refractivity contribution in [3.05, 3.63) is 58.7 Å². The molecular weight excluding hydrogens is 446 g/mol. The number of nitrogens with two attached hydrogens (primary N) is 1. The van der Waals surface area contributed by atoms with E-state index < -0.39 is 16.8 Å². The van der Waals surface area contributed by atoms with E-state index in [1.54, 1.807) is 0 Å². The van der Waals surface area contributed by atoms with Crippen molar-refractivity contribution >= 4 is 29.2 Å². The van der Waals surface area contributed by atoms with Crippen LogP contribution in [0.1, 0.15) is 69.7 Å². The molecule has 34 heavy (non-hydrogen) atoms. The van der Waals surface area contributed by atoms with Crippen molar-refractivity contribution in [2.24, 2.45) is 5.92 Å². The third kappa shape index (κ3) is 5.66. The fourth-order valence-corrected chi connectivity index (χ4v) is 5.77. The van der Waals surface area contributed by atoms with Crippen molar-refractivity contribution in [2.45, 2.75) is 88.6 Å². The number of thioether (sulfide) groups is 1. The standard InChI is InChI=1S/C28H37NO4S/c1-17(2)28(12-11-19-7-9-21(29)10-8-19)15-23(31)25(26(32)33-28)34-24-13-18(3)20(16-30)14-22(24)27(4,5)6/h7-10,13-14,17,25,30H,11-12,15-16,29H2,1-6H3/t25?,28-/m1/s1. The average molecular weight is 484 g/mol. The zero-order chi connectivity index (χ0) is 25.3. The number of Topliss-reactive ketones (excluding diaryl/α,β-unsaturated/α-hetero) is 1. The van der Waals surface area contributed by atoms with Gasteiger partial charge in [0.15, 0.2) is 11.0 Å². The van der Waals surface area contributed by atoms with Crippen molar-refractivity contribution < 1.29 is 19.4 Å². The molecule has 2 aromatic carbocycles. The topological polar surface area (TPSA) is 89.6 Å². The third-order valence-corrected chi connectivity index (χ3v) is 8.10. The predicted molar refractivity (Wildman–Crippen MR) is 138 cm³/mol. The Balaban J connectivity index is 1.84. The fraction of sp³-hybridized carbons (Fsp3) is 0.500. The van der Waals surface area contributed by atoms with Gasteiger partial charge in [0.05, 0.1) is 6.61 Å². The minimum absolute atomic E-state index is 0.0105. The van der Waals surface area contributed by atoms with Gasteiger partial charge >= 0.3 is 5.97 Å². The Kier molecular flexibility index (Phi) is 7.83. The minimum Gasteiger partial charge on any atom is -0.457 e. The van der Waals surface area contributed by atoms with Crippen molar-refractivity contribution in [2.75, 3.05) is 5.73 Å². The first-order valence-electron chi connectivity index (χ1n) is 11.9. The van der Waals surface area contributed by atoms with E-state index in [-0.39, 0.29) is 30.1 Å². The van der Waals surface area contributed by atoms with Gasteiger partial charge in [0, 0.05) is 17.0 Å². The maximum absolute atomic E-state index is 13.4. The van der Waals surface area contributed by atoms with Gasteiger partial charge in [0.25, 0.3) is 0 Å². The summed E-state index contributed by atoms with van der Waals surface area (Å²) in [4.78, 5) is 27.5. The van der Waals surface area contributed by atoms with E-state index in [9.17, 15) is 14.7 Å². The van der Waals surface area contributed by atoms with Gasteiger partial charge in [-0.25, -0.2) is 0 Å². The Labute approximate surface area is 207 Å². The molecule has 2 aromatic rings. The van der Waals surface area contributed by atoms with Crippen LogP contribution in [0.4, 0.5) is 5.69 Å². The molecule has 0 radical (unpaired) electrons. The Morgan fingerprint density at radius 3 is 2.35 bits per heavy atom. The quantitative estimate of drug-likeness (QED) is 0.313. The van der Waals surface area contributed by atoms with Crippen molar-refractivity contribution in [3.8, 4) is 0 Å². The number of carbonyl (C=O) groups excluding carboxylic acids is 2. The largest absolute Gasteiger partial charge is 0.457 e. The molecule has 0 spiro atoms. The normalized spacial score (nSPS) is 21.1. The number of carbonyl (C=O) groups is 2. The zero-order valence-corrected chi connectivity index (χ0v) is 21.9. The zero-order valence-electron chi connectivity index (χ0n) is 21.1. The van der Waals surface area contributed by atoms with Crippen molar-refractivity contribution in [1.82, 2.24) is 0 Å². The minimum atomic E-state index is -0.885. The van der Waals surface area contributed by atoms with E-state index in [2.05, 4.69) is 20.8 Å². The molecule has 6 heteroatoms. The van der Waals surface area contributed by atoms with Gasteiger partial charge in [0.2, 0.25) is 0 Å². The molecule has 1 saturated heterocycles. The lowest BCUT2D eigenvalue weighted by Gasteiger charge is -2.41. The number of anilines is 1. The fourth-order valence-electron chi connectivity index (χ4n) is 4.42. The molecular formula is C28H37NO4S. The first-order chi connectivity index (χ1) is 15.9. The monoisotopic (exact) mass is 483 g/mol. The van der Waals surface area contributed by atoms with Gasteiger partial charge in [-0.3, -0.25) is 9.59 Å². The van der Waals surface area contributed by atoms with Crippen LogP contribution in [0.5, 0.6) is 0 Å². The molecule has 0 bridgehead atoms. The molecule has 0 amide bonds. The highest BCUT2D eigenvalue weighted by Crippen LogP contribution is 2.42. The van der Waals surface area contributed by atoms with Crippen LogP contribution in [-0.2, 0) is 32.8 Å². The lowest BCUT2D eigenvalue weighted by Crippen LogP contribution is -2.52. The third-order valence-electron chi connectivity index (χ3n) is 6.81. The number of hydrogen-bond donors (Lipinski definition) is 2. The average Bonchev–Trinajstić information content (AvgIpc) is 2.75. The van der Waals surface area contributed by atoms with Crippen LogP contribution < -0.4 is 5.73 Å². The van der Waals surface area contributed by atoms with Crippen LogP contribution >= 0.6 is 11.8 Å². The van der Waals surface area contributed by atoms with E-state index >= 15 is 0 Å². The van der Waals surface area contributed by atoms with Gasteiger partial charge in [-0.2, -0.15) is 0 Å². The van der Waals surface area contributed by atoms with Gasteiger partial charge in [-0.1, -0.05) is 52.8 Å². The number of nitrogen functional groups attached to an aromatic ring is 1. The maximum Gasteiger partial charge on any atom is 0.327 e. The van der Waals surface area contributed by atoms with Gasteiger partial charge in [-0.15, -0.1) is 11.8 Å². The highest BCUT2D eigenvalue weighted by Gasteiger charge is 2.49. The van der Waals surface area contributed by atoms with E-state index in [0.29, 0.717) is 18.5 Å². The summed E-state index contributed by atoms with van der Waals surface area (Å²) in [6, 6.07) is 11.6. The summed E-state index contributed by atoms with van der Waals surface area (Å²) < 4.78 is 6.09. The molecule has 3 N–H and O–H groups in total. The van der Waals surface area contributed by atoms with Crippen LogP contribution in [-0.4, -0.2) is 27.7 Å². The molecule has 5 nitrogen and oxygen atoms in total. The van der Waals surface area contributed by atoms with Crippen molar-refractivity contribution in [3.63, 3.8) is 0 Å². The second-order valence-electron chi connectivity index (χ2n) is 10.7. The summed E-state index contributed by atoms with van der Waals surface area (Å²) in [7, 11) is 0. The van der Waals surface area contributed by atoms with Crippen LogP contribution in [0.25, 0.3) is 0 Å². The summed E-state index contributed by atoms with van der Waals surface area (Å²) >= 11 is 1.28. The number of esters is 1. The second kappa shape index (κ2) is 10.1. The number of rotatable bonds is 7. The van der Waals surface area contributed by atoms with Crippen molar-refractivity contribution in [1.29, 1.82) is 0 Å². The molecule has 3 rings (SSSR count). The highest BCUT2D eigenvalue weighted by molar-refractivity contribution is 8.01. The molecule has 0 aromatic heterocycles. The summed E-state index contributed by atoms with van der Waals surface area (Å²) in [5, 5.41) is 8.83. The van der Waals surface area contributed by atoms with Gasteiger partial charge in [-0.05, 0) is 71.6 Å². The SMILES string of the molecule is Cc1cc(SC2C(=O)C[C@](CCc3ccc(N)cc3)(C(C)C)OC2=O)c(C(C)(C)C)cc1CO. The van der Waals surface area contributed by atoms with E-state index in [1.807, 2.05) is 57.2 Å². The number of ketones is 1. The molecule has 1 unspecified atom stereocenters. The maximum atomic E-state index is 13.4. The van der Waals surface area contributed by atoms with Crippen LogP contribution in [0.3, 0.4) is 0 Å². The number of hydrogen-bond acceptors (Lipinski definition) is 6. The Bertz CT molecular complexity index is 1040. The summed E-state index contributed by atoms with van der Waals surface area (Å²) in [6.45, 7) is 12.2. The second-order valence-corrected chi connectivity index (χ2v) is 11.9. The van der Waals surface area contributed by atoms with Crippen LogP contribution in [0, 0.1) is 12.8 Å². The Morgan fingerprint density at radius 1 is 1.18 bits per heavy atom. The first kappa shape index (κ1) is 26.3. The van der Waals surface area contributed by atoms with Crippen LogP contribution in [0.2, 0.25) is 0 Å². The molecule has 1 fully saturated rings. The lowest BCUT2D eigenvalue weighted by molar-refractivity contribution is -0.176. The van der Waals surface area contributed by atoms with E-state index in [1.165, 1.54) is 11.8 Å². The molecule has 1 aliphatic rings. The molecule has 2 atom stereocenters. The molecule has 1 heterocycles. The number of aryl methyl sites for hydroxylation is 2. The first-order valence-corrected chi connectivity index (χ1v) is 12.8. The Morgan fingerprint density at radius 2 is 1.82 bits per heavy atom. The van der Waals surface area contributed by atoms with Crippen LogP contribution in [0.15, 0.2) is 41.3 Å². The number of ether oxygens (including phenoxy) is 1. The van der Waals surface area contributed by atoms with Gasteiger partial charge in [0.1, 0.15) is 5.60 Å². The number of cyclic esters (lactones) is 1.